The molecule has 2 atom stereocenters. The Morgan fingerprint density at radius 1 is 0.956 bits per heavy atom. The Balaban J connectivity index is 1.41. The highest BCUT2D eigenvalue weighted by Crippen LogP contribution is 2.30. The molecule has 236 valence electrons. The van der Waals surface area contributed by atoms with Gasteiger partial charge in [-0.1, -0.05) is 18.2 Å². The first-order valence-corrected chi connectivity index (χ1v) is 15.1. The van der Waals surface area contributed by atoms with Gasteiger partial charge in [-0.25, -0.2) is 9.78 Å². The maximum Gasteiger partial charge on any atom is 0.421 e. The zero-order valence-electron chi connectivity index (χ0n) is 27.1. The highest BCUT2D eigenvalue weighted by Gasteiger charge is 2.27. The number of nitrogens with zero attached hydrogens (tertiary/aromatic N) is 5. The average molecular weight is 611 g/mol. The van der Waals surface area contributed by atoms with Crippen LogP contribution in [0.1, 0.15) is 30.5 Å². The molecule has 45 heavy (non-hydrogen) atoms. The molecule has 1 saturated heterocycles. The van der Waals surface area contributed by atoms with Gasteiger partial charge in [0.2, 0.25) is 5.95 Å². The zero-order chi connectivity index (χ0) is 32.1. The number of likely N-dealkylation sites (N-methyl/N-ethyl adjacent to an activating group) is 1. The van der Waals surface area contributed by atoms with Gasteiger partial charge in [-0.05, 0) is 94.4 Å². The number of aryl methyl sites for hydroxylation is 2. The second-order valence-corrected chi connectivity index (χ2v) is 11.5. The molecule has 1 amide bonds. The number of para-hydroxylation sites is 1. The summed E-state index contributed by atoms with van der Waals surface area (Å²) in [6.07, 6.45) is 1.04. The fraction of sp³-hybridized carbons (Fsp3) is 0.343. The Kier molecular flexibility index (Phi) is 9.73. The Bertz CT molecular complexity index is 1600. The van der Waals surface area contributed by atoms with E-state index < -0.39 is 6.09 Å². The molecule has 0 bridgehead atoms. The minimum Gasteiger partial charge on any atom is -0.497 e. The number of nitrogens with one attached hydrogen (secondary N) is 1. The molecule has 1 aliphatic rings. The van der Waals surface area contributed by atoms with Crippen molar-refractivity contribution in [3.8, 4) is 17.2 Å². The van der Waals surface area contributed by atoms with Crippen LogP contribution in [0.4, 0.5) is 27.9 Å². The van der Waals surface area contributed by atoms with E-state index in [1.165, 1.54) is 10.6 Å². The highest BCUT2D eigenvalue weighted by atomic mass is 16.6. The lowest BCUT2D eigenvalue weighted by molar-refractivity contribution is 0.170. The van der Waals surface area contributed by atoms with Crippen LogP contribution in [0.2, 0.25) is 0 Å². The van der Waals surface area contributed by atoms with Crippen molar-refractivity contribution >= 4 is 29.2 Å². The molecule has 5 rings (SSSR count). The van der Waals surface area contributed by atoms with Crippen molar-refractivity contribution in [3.63, 3.8) is 0 Å². The van der Waals surface area contributed by atoms with Crippen LogP contribution in [0.3, 0.4) is 0 Å². The lowest BCUT2D eigenvalue weighted by Crippen LogP contribution is -2.55. The van der Waals surface area contributed by atoms with Crippen LogP contribution in [0, 0.1) is 13.8 Å². The predicted octanol–water partition coefficient (Wildman–Crippen LogP) is 6.59. The van der Waals surface area contributed by atoms with E-state index in [1.54, 1.807) is 26.5 Å². The number of hydrogen-bond acceptors (Lipinski definition) is 9. The topological polar surface area (TPSA) is 92.3 Å². The molecule has 0 spiro atoms. The summed E-state index contributed by atoms with van der Waals surface area (Å²) in [6, 6.07) is 22.1. The van der Waals surface area contributed by atoms with Gasteiger partial charge in [0, 0.05) is 48.3 Å². The Labute approximate surface area is 265 Å². The van der Waals surface area contributed by atoms with Crippen LogP contribution in [0.5, 0.6) is 17.2 Å². The van der Waals surface area contributed by atoms with Crippen LogP contribution in [-0.2, 0) is 6.54 Å². The van der Waals surface area contributed by atoms with E-state index in [2.05, 4.69) is 53.1 Å². The molecular formula is C35H42N6O4. The van der Waals surface area contributed by atoms with E-state index in [0.29, 0.717) is 41.1 Å². The maximum atomic E-state index is 13.8. The summed E-state index contributed by atoms with van der Waals surface area (Å²) < 4.78 is 17.0. The molecule has 10 nitrogen and oxygen atoms in total. The Hall–Kier alpha value is -4.83. The number of anilines is 4. The molecule has 1 fully saturated rings. The first-order valence-electron chi connectivity index (χ1n) is 15.1. The van der Waals surface area contributed by atoms with Crippen molar-refractivity contribution in [1.82, 2.24) is 14.9 Å². The van der Waals surface area contributed by atoms with Gasteiger partial charge in [0.1, 0.15) is 23.1 Å². The molecule has 0 saturated carbocycles. The lowest BCUT2D eigenvalue weighted by atomic mass is 10.1. The number of aromatic nitrogens is 2. The third-order valence-electron chi connectivity index (χ3n) is 8.40. The van der Waals surface area contributed by atoms with Crippen LogP contribution < -0.4 is 29.3 Å². The van der Waals surface area contributed by atoms with Gasteiger partial charge in [0.15, 0.2) is 0 Å². The van der Waals surface area contributed by atoms with Gasteiger partial charge < -0.3 is 24.4 Å². The van der Waals surface area contributed by atoms with Crippen LogP contribution in [0.25, 0.3) is 0 Å². The molecule has 0 unspecified atom stereocenters. The van der Waals surface area contributed by atoms with Gasteiger partial charge in [0.25, 0.3) is 0 Å². The van der Waals surface area contributed by atoms with E-state index in [4.69, 9.17) is 19.2 Å². The minimum absolute atomic E-state index is 0.122. The van der Waals surface area contributed by atoms with Crippen LogP contribution in [-0.4, -0.2) is 67.4 Å². The number of hydrogen-bond donors (Lipinski definition) is 1. The van der Waals surface area contributed by atoms with Crippen molar-refractivity contribution in [3.05, 3.63) is 89.6 Å². The molecule has 2 heterocycles. The second-order valence-electron chi connectivity index (χ2n) is 11.5. The summed E-state index contributed by atoms with van der Waals surface area (Å²) in [5.74, 6) is 2.48. The molecule has 1 N–H and O–H groups in total. The van der Waals surface area contributed by atoms with E-state index >= 15 is 0 Å². The highest BCUT2D eigenvalue weighted by molar-refractivity contribution is 5.88. The van der Waals surface area contributed by atoms with Gasteiger partial charge in [0.05, 0.1) is 20.8 Å². The number of carbonyl (C=O) groups excluding carboxylic acids is 1. The first kappa shape index (κ1) is 31.6. The summed E-state index contributed by atoms with van der Waals surface area (Å²) in [4.78, 5) is 29.3. The third-order valence-corrected chi connectivity index (χ3v) is 8.40. The molecule has 4 aromatic rings. The molecule has 3 aromatic carbocycles. The van der Waals surface area contributed by atoms with Gasteiger partial charge in [-0.15, -0.1) is 0 Å². The fourth-order valence-electron chi connectivity index (χ4n) is 5.58. The van der Waals surface area contributed by atoms with Gasteiger partial charge in [-0.3, -0.25) is 9.80 Å². The first-order chi connectivity index (χ1) is 21.7. The van der Waals surface area contributed by atoms with Crippen molar-refractivity contribution < 1.29 is 19.0 Å². The van der Waals surface area contributed by atoms with Crippen molar-refractivity contribution in [2.75, 3.05) is 49.5 Å². The number of methoxy groups -OCH3 is 2. The van der Waals surface area contributed by atoms with E-state index in [1.807, 2.05) is 62.4 Å². The molecule has 10 heteroatoms. The molecule has 0 radical (unpaired) electrons. The van der Waals surface area contributed by atoms with E-state index in [-0.39, 0.29) is 6.54 Å². The van der Waals surface area contributed by atoms with Crippen molar-refractivity contribution in [2.45, 2.75) is 46.3 Å². The summed E-state index contributed by atoms with van der Waals surface area (Å²) in [5, 5.41) is 3.29. The average Bonchev–Trinajstić information content (AvgIpc) is 3.04. The Morgan fingerprint density at radius 2 is 1.64 bits per heavy atom. The minimum atomic E-state index is -0.582. The SMILES string of the molecule is COc1ccc(OC)c(CN(C(=O)Oc2c(C)cccc2C)c2ccnc(Nc3ccc(N4C[C@@H](C)N(C)[C@@H](C)C4)cc3)n2)c1. The molecular weight excluding hydrogens is 568 g/mol. The zero-order valence-corrected chi connectivity index (χ0v) is 27.1. The lowest BCUT2D eigenvalue weighted by Gasteiger charge is -2.43. The molecule has 1 aromatic heterocycles. The van der Waals surface area contributed by atoms with Crippen molar-refractivity contribution in [1.29, 1.82) is 0 Å². The number of carbonyl (C=O) groups is 1. The van der Waals surface area contributed by atoms with E-state index in [0.717, 1.165) is 35.5 Å². The number of piperazine rings is 1. The monoisotopic (exact) mass is 610 g/mol. The standard InChI is InChI=1S/C35H42N6O4/c1-23-9-8-10-24(2)33(23)45-35(42)41(22-27-19-30(43-6)15-16-31(27)44-7)32-17-18-36-34(38-32)37-28-11-13-29(14-12-28)40-20-25(3)39(5)26(4)21-40/h8-19,25-26H,20-22H2,1-7H3,(H,36,37,38)/t25-,26+. The van der Waals surface area contributed by atoms with Gasteiger partial charge >= 0.3 is 6.09 Å². The number of amides is 1. The second kappa shape index (κ2) is 13.9. The Morgan fingerprint density at radius 3 is 2.29 bits per heavy atom. The fourth-order valence-corrected chi connectivity index (χ4v) is 5.58. The number of benzene rings is 3. The molecule has 0 aliphatic carbocycles. The summed E-state index contributed by atoms with van der Waals surface area (Å²) in [5.41, 5.74) is 4.46. The van der Waals surface area contributed by atoms with Gasteiger partial charge in [-0.2, -0.15) is 4.98 Å². The summed E-state index contributed by atoms with van der Waals surface area (Å²) in [6.45, 7) is 10.4. The summed E-state index contributed by atoms with van der Waals surface area (Å²) in [7, 11) is 5.37. The predicted molar refractivity (Wildman–Crippen MR) is 178 cm³/mol. The normalized spacial score (nSPS) is 16.6. The van der Waals surface area contributed by atoms with Crippen molar-refractivity contribution in [2.24, 2.45) is 0 Å². The summed E-state index contributed by atoms with van der Waals surface area (Å²) >= 11 is 0. The number of ether oxygens (including phenoxy) is 3. The largest absolute Gasteiger partial charge is 0.497 e. The number of rotatable bonds is 9. The van der Waals surface area contributed by atoms with E-state index in [9.17, 15) is 4.79 Å². The quantitative estimate of drug-likeness (QED) is 0.225. The molecule has 1 aliphatic heterocycles. The van der Waals surface area contributed by atoms with Crippen LogP contribution in [0.15, 0.2) is 72.9 Å². The third kappa shape index (κ3) is 7.29. The van der Waals surface area contributed by atoms with Crippen LogP contribution >= 0.6 is 0 Å². The smallest absolute Gasteiger partial charge is 0.421 e. The maximum absolute atomic E-state index is 13.8.